The van der Waals surface area contributed by atoms with E-state index < -0.39 is 36.1 Å². The van der Waals surface area contributed by atoms with Crippen molar-refractivity contribution < 1.29 is 23.5 Å². The van der Waals surface area contributed by atoms with Crippen molar-refractivity contribution in [3.05, 3.63) is 35.6 Å². The van der Waals surface area contributed by atoms with Crippen LogP contribution in [0.5, 0.6) is 0 Å². The van der Waals surface area contributed by atoms with Gasteiger partial charge in [0.05, 0.1) is 0 Å². The van der Waals surface area contributed by atoms with Crippen LogP contribution < -0.4 is 11.5 Å². The van der Waals surface area contributed by atoms with Gasteiger partial charge in [-0.2, -0.15) is 0 Å². The molecule has 96 valence electrons. The van der Waals surface area contributed by atoms with Crippen molar-refractivity contribution in [2.45, 2.75) is 18.5 Å². The molecule has 7 heteroatoms. The van der Waals surface area contributed by atoms with Gasteiger partial charge in [-0.25, -0.2) is 4.39 Å². The second-order valence-corrected chi connectivity index (χ2v) is 3.77. The first-order valence-electron chi connectivity index (χ1n) is 5.14. The third kappa shape index (κ3) is 2.18. The molecule has 2 amide bonds. The number of benzene rings is 1. The molecular formula is C11H11FN2O4. The standard InChI is InChI=1S/C11H11FN2O4/c12-6-4-2-1-3-5(6)11-17-7(9(13)15)8(18-11)10(14)16/h1-4,7-8,11H,(H2,13,15)(H2,14,16)/t7-,8-/m1/s1. The Balaban J connectivity index is 2.26. The zero-order valence-electron chi connectivity index (χ0n) is 9.21. The minimum Gasteiger partial charge on any atom is -0.367 e. The molecule has 0 aliphatic carbocycles. The van der Waals surface area contributed by atoms with Crippen molar-refractivity contribution in [1.82, 2.24) is 0 Å². The molecule has 1 aliphatic heterocycles. The smallest absolute Gasteiger partial charge is 0.249 e. The molecule has 6 nitrogen and oxygen atoms in total. The number of hydrogen-bond acceptors (Lipinski definition) is 4. The van der Waals surface area contributed by atoms with Crippen molar-refractivity contribution >= 4 is 11.8 Å². The molecule has 0 radical (unpaired) electrons. The summed E-state index contributed by atoms with van der Waals surface area (Å²) in [5, 5.41) is 0. The Labute approximate surface area is 102 Å². The first-order chi connectivity index (χ1) is 8.50. The molecule has 4 N–H and O–H groups in total. The Morgan fingerprint density at radius 1 is 1.06 bits per heavy atom. The van der Waals surface area contributed by atoms with Gasteiger partial charge in [0.25, 0.3) is 0 Å². The van der Waals surface area contributed by atoms with Crippen molar-refractivity contribution in [2.75, 3.05) is 0 Å². The first-order valence-corrected chi connectivity index (χ1v) is 5.14. The maximum absolute atomic E-state index is 13.5. The Morgan fingerprint density at radius 3 is 2.00 bits per heavy atom. The number of carbonyl (C=O) groups is 2. The maximum atomic E-state index is 13.5. The third-order valence-corrected chi connectivity index (χ3v) is 2.54. The van der Waals surface area contributed by atoms with Gasteiger partial charge in [-0.1, -0.05) is 18.2 Å². The van der Waals surface area contributed by atoms with Crippen LogP contribution >= 0.6 is 0 Å². The SMILES string of the molecule is NC(=O)[C@@H]1OC(c2ccccc2F)O[C@H]1C(N)=O. The van der Waals surface area contributed by atoms with Crippen LogP contribution in [0.15, 0.2) is 24.3 Å². The van der Waals surface area contributed by atoms with Crippen molar-refractivity contribution in [2.24, 2.45) is 11.5 Å². The van der Waals surface area contributed by atoms with Crippen molar-refractivity contribution in [1.29, 1.82) is 0 Å². The number of rotatable bonds is 3. The second kappa shape index (κ2) is 4.71. The summed E-state index contributed by atoms with van der Waals surface area (Å²) in [6.45, 7) is 0. The topological polar surface area (TPSA) is 105 Å². The van der Waals surface area contributed by atoms with Crippen LogP contribution in [0, 0.1) is 5.82 Å². The van der Waals surface area contributed by atoms with Crippen LogP contribution in [0.3, 0.4) is 0 Å². The Bertz CT molecular complexity index is 472. The zero-order chi connectivity index (χ0) is 13.3. The summed E-state index contributed by atoms with van der Waals surface area (Å²) in [5.74, 6) is -2.36. The van der Waals surface area contributed by atoms with Crippen LogP contribution in [0.2, 0.25) is 0 Å². The van der Waals surface area contributed by atoms with Gasteiger partial charge in [0.15, 0.2) is 18.5 Å². The number of ether oxygens (including phenoxy) is 2. The van der Waals surface area contributed by atoms with Crippen LogP contribution in [0.1, 0.15) is 11.9 Å². The van der Waals surface area contributed by atoms with Gasteiger partial charge in [0, 0.05) is 5.56 Å². The molecule has 1 saturated heterocycles. The van der Waals surface area contributed by atoms with E-state index in [-0.39, 0.29) is 5.56 Å². The lowest BCUT2D eigenvalue weighted by atomic mass is 10.2. The molecule has 0 spiro atoms. The Kier molecular flexibility index (Phi) is 3.26. The maximum Gasteiger partial charge on any atom is 0.249 e. The van der Waals surface area contributed by atoms with E-state index in [0.29, 0.717) is 0 Å². The quantitative estimate of drug-likeness (QED) is 0.764. The van der Waals surface area contributed by atoms with E-state index in [4.69, 9.17) is 20.9 Å². The second-order valence-electron chi connectivity index (χ2n) is 3.77. The summed E-state index contributed by atoms with van der Waals surface area (Å²) >= 11 is 0. The summed E-state index contributed by atoms with van der Waals surface area (Å²) in [7, 11) is 0. The number of nitrogens with two attached hydrogens (primary N) is 2. The first kappa shape index (κ1) is 12.5. The van der Waals surface area contributed by atoms with Crippen molar-refractivity contribution in [3.63, 3.8) is 0 Å². The molecule has 0 aromatic heterocycles. The van der Waals surface area contributed by atoms with E-state index >= 15 is 0 Å². The van der Waals surface area contributed by atoms with Gasteiger partial charge in [-0.05, 0) is 6.07 Å². The van der Waals surface area contributed by atoms with Gasteiger partial charge in [-0.3, -0.25) is 9.59 Å². The lowest BCUT2D eigenvalue weighted by Gasteiger charge is -2.10. The number of hydrogen-bond donors (Lipinski definition) is 2. The molecule has 2 atom stereocenters. The highest BCUT2D eigenvalue weighted by atomic mass is 19.1. The number of carbonyl (C=O) groups excluding carboxylic acids is 2. The molecule has 1 aromatic carbocycles. The van der Waals surface area contributed by atoms with Gasteiger partial charge in [0.1, 0.15) is 5.82 Å². The fraction of sp³-hybridized carbons (Fsp3) is 0.273. The lowest BCUT2D eigenvalue weighted by molar-refractivity contribution is -0.133. The molecule has 2 rings (SSSR count). The molecule has 1 aromatic rings. The molecule has 0 bridgehead atoms. The van der Waals surface area contributed by atoms with Gasteiger partial charge in [-0.15, -0.1) is 0 Å². The Hall–Kier alpha value is -1.99. The average Bonchev–Trinajstić information content (AvgIpc) is 2.74. The average molecular weight is 254 g/mol. The fourth-order valence-corrected chi connectivity index (χ4v) is 1.69. The fourth-order valence-electron chi connectivity index (χ4n) is 1.69. The minimum atomic E-state index is -1.31. The van der Waals surface area contributed by atoms with Crippen molar-refractivity contribution in [3.8, 4) is 0 Å². The highest BCUT2D eigenvalue weighted by Gasteiger charge is 2.44. The number of primary amides is 2. The summed E-state index contributed by atoms with van der Waals surface area (Å²) < 4.78 is 23.8. The van der Waals surface area contributed by atoms with E-state index in [0.717, 1.165) is 0 Å². The van der Waals surface area contributed by atoms with Crippen LogP contribution in [0.25, 0.3) is 0 Å². The predicted molar refractivity (Wildman–Crippen MR) is 57.3 cm³/mol. The van der Waals surface area contributed by atoms with Gasteiger partial charge >= 0.3 is 0 Å². The molecule has 1 heterocycles. The molecule has 0 unspecified atom stereocenters. The van der Waals surface area contributed by atoms with E-state index in [9.17, 15) is 14.0 Å². The minimum absolute atomic E-state index is 0.0764. The number of amides is 2. The highest BCUT2D eigenvalue weighted by molar-refractivity contribution is 5.89. The van der Waals surface area contributed by atoms with Gasteiger partial charge < -0.3 is 20.9 Å². The number of halogens is 1. The summed E-state index contributed by atoms with van der Waals surface area (Å²) in [4.78, 5) is 22.2. The molecule has 1 aliphatic rings. The Morgan fingerprint density at radius 2 is 1.56 bits per heavy atom. The predicted octanol–water partition coefficient (Wildman–Crippen LogP) is -0.421. The lowest BCUT2D eigenvalue weighted by Crippen LogP contribution is -2.44. The monoisotopic (exact) mass is 254 g/mol. The highest BCUT2D eigenvalue weighted by Crippen LogP contribution is 2.32. The largest absolute Gasteiger partial charge is 0.367 e. The molecule has 1 fully saturated rings. The third-order valence-electron chi connectivity index (χ3n) is 2.54. The summed E-state index contributed by atoms with van der Waals surface area (Å²) in [6, 6.07) is 5.69. The molecular weight excluding hydrogens is 243 g/mol. The van der Waals surface area contributed by atoms with Gasteiger partial charge in [0.2, 0.25) is 11.8 Å². The normalized spacial score (nSPS) is 24.1. The summed E-state index contributed by atoms with van der Waals surface area (Å²) in [5.41, 5.74) is 10.2. The zero-order valence-corrected chi connectivity index (χ0v) is 9.21. The summed E-state index contributed by atoms with van der Waals surface area (Å²) in [6.07, 6.45) is -3.81. The van der Waals surface area contributed by atoms with E-state index in [2.05, 4.69) is 0 Å². The van der Waals surface area contributed by atoms with E-state index in [1.165, 1.54) is 18.2 Å². The van der Waals surface area contributed by atoms with Crippen LogP contribution in [-0.4, -0.2) is 24.0 Å². The molecule has 0 saturated carbocycles. The van der Waals surface area contributed by atoms with Crippen LogP contribution in [0.4, 0.5) is 4.39 Å². The van der Waals surface area contributed by atoms with E-state index in [1.807, 2.05) is 0 Å². The molecule has 18 heavy (non-hydrogen) atoms. The van der Waals surface area contributed by atoms with Crippen LogP contribution in [-0.2, 0) is 19.1 Å². The van der Waals surface area contributed by atoms with E-state index in [1.54, 1.807) is 6.07 Å².